The molecule has 0 aromatic carbocycles. The fraction of sp³-hybridized carbons (Fsp3) is 0.867. The molecule has 7 heteroatoms. The highest BCUT2D eigenvalue weighted by molar-refractivity contribution is 5.80. The molecule has 37 heavy (non-hydrogen) atoms. The number of nitrogens with one attached hydrogen (secondary N) is 1. The van der Waals surface area contributed by atoms with Crippen LogP contribution in [0.3, 0.4) is 0 Å². The predicted octanol–water partition coefficient (Wildman–Crippen LogP) is 4.68. The summed E-state index contributed by atoms with van der Waals surface area (Å²) < 4.78 is 11.5. The first-order valence-electron chi connectivity index (χ1n) is 14.7. The number of carbonyl (C=O) groups excluding carboxylic acids is 2. The van der Waals surface area contributed by atoms with Gasteiger partial charge in [0.2, 0.25) is 5.91 Å². The minimum absolute atomic E-state index is 0.0316. The summed E-state index contributed by atoms with van der Waals surface area (Å²) in [4.78, 5) is 24.6. The predicted molar refractivity (Wildman–Crippen MR) is 144 cm³/mol. The second-order valence-electron chi connectivity index (χ2n) is 12.4. The molecule has 7 nitrogen and oxygen atoms in total. The summed E-state index contributed by atoms with van der Waals surface area (Å²) in [5.41, 5.74) is 0.989. The SMILES string of the molecule is C=C1CC(CC(O)C(=O)NC(CCC[C@@]2([C@H](O)C[C@H]3CCCC(=O)O3)CC2C)C(C)CC)OC(C)C1C. The fourth-order valence-corrected chi connectivity index (χ4v) is 6.41. The molecule has 0 spiro atoms. The van der Waals surface area contributed by atoms with Crippen molar-refractivity contribution in [2.45, 2.75) is 142 Å². The first-order valence-corrected chi connectivity index (χ1v) is 14.7. The molecule has 2 saturated heterocycles. The zero-order valence-corrected chi connectivity index (χ0v) is 23.7. The summed E-state index contributed by atoms with van der Waals surface area (Å²) in [6.07, 6.45) is 6.17. The van der Waals surface area contributed by atoms with Gasteiger partial charge in [-0.3, -0.25) is 9.59 Å². The molecule has 10 atom stereocenters. The number of amides is 1. The second-order valence-corrected chi connectivity index (χ2v) is 12.4. The molecule has 3 fully saturated rings. The van der Waals surface area contributed by atoms with Crippen LogP contribution in [-0.4, -0.2) is 58.7 Å². The quantitative estimate of drug-likeness (QED) is 0.240. The van der Waals surface area contributed by atoms with Crippen LogP contribution in [0.5, 0.6) is 0 Å². The summed E-state index contributed by atoms with van der Waals surface area (Å²) in [5.74, 6) is 0.516. The number of aliphatic hydroxyl groups is 2. The molecule has 1 amide bonds. The molecule has 3 rings (SSSR count). The number of ether oxygens (including phenoxy) is 2. The normalized spacial score (nSPS) is 35.3. The fourth-order valence-electron chi connectivity index (χ4n) is 6.41. The highest BCUT2D eigenvalue weighted by atomic mass is 16.5. The lowest BCUT2D eigenvalue weighted by atomic mass is 9.84. The van der Waals surface area contributed by atoms with E-state index >= 15 is 0 Å². The van der Waals surface area contributed by atoms with E-state index in [1.54, 1.807) is 0 Å². The van der Waals surface area contributed by atoms with Crippen LogP contribution in [0.4, 0.5) is 0 Å². The molecule has 2 heterocycles. The van der Waals surface area contributed by atoms with E-state index in [9.17, 15) is 19.8 Å². The van der Waals surface area contributed by atoms with Crippen molar-refractivity contribution in [3.8, 4) is 0 Å². The molecule has 2 aliphatic heterocycles. The van der Waals surface area contributed by atoms with Gasteiger partial charge in [0.25, 0.3) is 0 Å². The summed E-state index contributed by atoms with van der Waals surface area (Å²) in [5, 5.41) is 24.9. The third kappa shape index (κ3) is 7.79. The maximum Gasteiger partial charge on any atom is 0.306 e. The van der Waals surface area contributed by atoms with Crippen LogP contribution in [0, 0.1) is 23.2 Å². The van der Waals surface area contributed by atoms with E-state index in [-0.39, 0.29) is 59.9 Å². The standard InChI is InChI=1S/C30H51NO6/c1-7-18(2)25(31-29(35)26(32)15-24-14-19(3)21(5)22(6)36-24)11-9-13-30(17-20(30)4)27(33)16-23-10-8-12-28(34)37-23/h18,20-27,32-33H,3,7-17H2,1-2,4-6H3,(H,31,35)/t18?,20?,21?,22?,23-,24?,25?,26?,27-,30-/m1/s1. The summed E-state index contributed by atoms with van der Waals surface area (Å²) in [7, 11) is 0. The van der Waals surface area contributed by atoms with Gasteiger partial charge >= 0.3 is 5.97 Å². The van der Waals surface area contributed by atoms with Gasteiger partial charge in [-0.1, -0.05) is 52.7 Å². The average molecular weight is 522 g/mol. The van der Waals surface area contributed by atoms with E-state index in [0.29, 0.717) is 25.2 Å². The molecule has 0 aromatic rings. The first kappa shape index (κ1) is 30.1. The Balaban J connectivity index is 1.49. The topological polar surface area (TPSA) is 105 Å². The van der Waals surface area contributed by atoms with E-state index in [2.05, 4.69) is 39.6 Å². The van der Waals surface area contributed by atoms with E-state index in [4.69, 9.17) is 9.47 Å². The monoisotopic (exact) mass is 521 g/mol. The number of carbonyl (C=O) groups is 2. The van der Waals surface area contributed by atoms with Crippen LogP contribution < -0.4 is 5.32 Å². The Labute approximate surface area is 223 Å². The molecule has 0 aromatic heterocycles. The molecule has 1 aliphatic carbocycles. The smallest absolute Gasteiger partial charge is 0.306 e. The molecular formula is C30H51NO6. The van der Waals surface area contributed by atoms with Crippen LogP contribution in [0.25, 0.3) is 0 Å². The number of esters is 1. The van der Waals surface area contributed by atoms with Gasteiger partial charge in [0.15, 0.2) is 0 Å². The summed E-state index contributed by atoms with van der Waals surface area (Å²) >= 11 is 0. The van der Waals surface area contributed by atoms with Crippen molar-refractivity contribution in [2.24, 2.45) is 23.2 Å². The van der Waals surface area contributed by atoms with Crippen molar-refractivity contribution in [3.05, 3.63) is 12.2 Å². The summed E-state index contributed by atoms with van der Waals surface area (Å²) in [6.45, 7) is 14.7. The van der Waals surface area contributed by atoms with E-state index in [1.165, 1.54) is 0 Å². The van der Waals surface area contributed by atoms with Gasteiger partial charge in [-0.05, 0) is 62.7 Å². The molecule has 1 saturated carbocycles. The zero-order chi connectivity index (χ0) is 27.3. The Morgan fingerprint density at radius 1 is 1.22 bits per heavy atom. The van der Waals surface area contributed by atoms with E-state index < -0.39 is 12.2 Å². The zero-order valence-electron chi connectivity index (χ0n) is 23.7. The lowest BCUT2D eigenvalue weighted by molar-refractivity contribution is -0.156. The van der Waals surface area contributed by atoms with Gasteiger partial charge in [0.05, 0.1) is 18.3 Å². The molecule has 0 radical (unpaired) electrons. The number of rotatable bonds is 13. The van der Waals surface area contributed by atoms with Crippen molar-refractivity contribution in [1.29, 1.82) is 0 Å². The van der Waals surface area contributed by atoms with Crippen molar-refractivity contribution in [3.63, 3.8) is 0 Å². The van der Waals surface area contributed by atoms with Gasteiger partial charge in [-0.2, -0.15) is 0 Å². The van der Waals surface area contributed by atoms with Crippen molar-refractivity contribution in [2.75, 3.05) is 0 Å². The minimum Gasteiger partial charge on any atom is -0.462 e. The van der Waals surface area contributed by atoms with Crippen LogP contribution in [-0.2, 0) is 19.1 Å². The van der Waals surface area contributed by atoms with Crippen molar-refractivity contribution >= 4 is 11.9 Å². The average Bonchev–Trinajstić information content (AvgIpc) is 3.51. The van der Waals surface area contributed by atoms with Gasteiger partial charge in [-0.15, -0.1) is 0 Å². The largest absolute Gasteiger partial charge is 0.462 e. The van der Waals surface area contributed by atoms with Crippen LogP contribution in [0.2, 0.25) is 0 Å². The molecule has 0 bridgehead atoms. The van der Waals surface area contributed by atoms with Crippen LogP contribution in [0.1, 0.15) is 105 Å². The number of hydrogen-bond acceptors (Lipinski definition) is 6. The Kier molecular flexibility index (Phi) is 10.6. The maximum absolute atomic E-state index is 12.9. The minimum atomic E-state index is -1.11. The first-order chi connectivity index (χ1) is 17.5. The van der Waals surface area contributed by atoms with Crippen molar-refractivity contribution < 1.29 is 29.3 Å². The van der Waals surface area contributed by atoms with Gasteiger partial charge < -0.3 is 25.0 Å². The lowest BCUT2D eigenvalue weighted by Crippen LogP contribution is -2.46. The van der Waals surface area contributed by atoms with Crippen LogP contribution >= 0.6 is 0 Å². The van der Waals surface area contributed by atoms with Gasteiger partial charge in [0, 0.05) is 31.2 Å². The van der Waals surface area contributed by atoms with Crippen molar-refractivity contribution in [1.82, 2.24) is 5.32 Å². The van der Waals surface area contributed by atoms with Crippen LogP contribution in [0.15, 0.2) is 12.2 Å². The number of cyclic esters (lactones) is 1. The Morgan fingerprint density at radius 2 is 1.92 bits per heavy atom. The number of hydrogen-bond donors (Lipinski definition) is 3. The highest BCUT2D eigenvalue weighted by Crippen LogP contribution is 2.59. The molecule has 212 valence electrons. The third-order valence-electron chi connectivity index (χ3n) is 9.71. The second kappa shape index (κ2) is 13.1. The molecule has 7 unspecified atom stereocenters. The highest BCUT2D eigenvalue weighted by Gasteiger charge is 2.55. The van der Waals surface area contributed by atoms with Gasteiger partial charge in [-0.25, -0.2) is 0 Å². The Morgan fingerprint density at radius 3 is 2.51 bits per heavy atom. The Hall–Kier alpha value is -1.44. The van der Waals surface area contributed by atoms with E-state index in [1.807, 2.05) is 6.92 Å². The van der Waals surface area contributed by atoms with E-state index in [0.717, 1.165) is 50.5 Å². The van der Waals surface area contributed by atoms with Gasteiger partial charge in [0.1, 0.15) is 12.2 Å². The maximum atomic E-state index is 12.9. The third-order valence-corrected chi connectivity index (χ3v) is 9.71. The lowest BCUT2D eigenvalue weighted by Gasteiger charge is -2.35. The molecular weight excluding hydrogens is 470 g/mol. The number of aliphatic hydroxyl groups excluding tert-OH is 2. The molecule has 3 N–H and O–H groups in total. The Bertz CT molecular complexity index is 801. The molecule has 3 aliphatic rings. The summed E-state index contributed by atoms with van der Waals surface area (Å²) in [6, 6.07) is -0.0316.